The molecule has 19 heavy (non-hydrogen) atoms. The summed E-state index contributed by atoms with van der Waals surface area (Å²) in [5, 5.41) is 14.1. The van der Waals surface area contributed by atoms with Crippen molar-refractivity contribution in [3.63, 3.8) is 0 Å². The molecule has 1 N–H and O–H groups in total. The van der Waals surface area contributed by atoms with Gasteiger partial charge in [0.05, 0.1) is 4.92 Å². The minimum Gasteiger partial charge on any atom is -0.434 e. The highest BCUT2D eigenvalue weighted by molar-refractivity contribution is 6.30. The molecule has 2 aromatic rings. The Morgan fingerprint density at radius 1 is 1.37 bits per heavy atom. The number of halogens is 1. The molecular formula is C11H9ClN4O3. The summed E-state index contributed by atoms with van der Waals surface area (Å²) in [7, 11) is 1.60. The molecule has 0 fully saturated rings. The van der Waals surface area contributed by atoms with Gasteiger partial charge in [0.15, 0.2) is 0 Å². The topological polar surface area (TPSA) is 90.2 Å². The number of anilines is 1. The zero-order valence-corrected chi connectivity index (χ0v) is 10.6. The molecule has 0 saturated carbocycles. The predicted octanol–water partition coefficient (Wildman–Crippen LogP) is 2.87. The smallest absolute Gasteiger partial charge is 0.349 e. The molecule has 8 heteroatoms. The summed E-state index contributed by atoms with van der Waals surface area (Å²) < 4.78 is 5.38. The van der Waals surface area contributed by atoms with Gasteiger partial charge < -0.3 is 10.1 Å². The number of rotatable bonds is 4. The average Bonchev–Trinajstić information content (AvgIpc) is 2.41. The largest absolute Gasteiger partial charge is 0.434 e. The van der Waals surface area contributed by atoms with Crippen LogP contribution in [0.25, 0.3) is 0 Å². The molecule has 7 nitrogen and oxygen atoms in total. The van der Waals surface area contributed by atoms with Crippen LogP contribution in [0.5, 0.6) is 11.6 Å². The quantitative estimate of drug-likeness (QED) is 0.684. The molecule has 0 bridgehead atoms. The Hall–Kier alpha value is -2.41. The molecule has 0 spiro atoms. The van der Waals surface area contributed by atoms with Crippen molar-refractivity contribution < 1.29 is 9.66 Å². The van der Waals surface area contributed by atoms with E-state index in [9.17, 15) is 10.1 Å². The summed E-state index contributed by atoms with van der Waals surface area (Å²) in [4.78, 5) is 17.9. The molecule has 98 valence electrons. The van der Waals surface area contributed by atoms with Crippen LogP contribution in [-0.4, -0.2) is 21.9 Å². The number of hydrogen-bond donors (Lipinski definition) is 1. The number of benzene rings is 1. The van der Waals surface area contributed by atoms with E-state index in [2.05, 4.69) is 15.3 Å². The van der Waals surface area contributed by atoms with Crippen molar-refractivity contribution >= 4 is 23.2 Å². The molecule has 0 amide bonds. The number of nitro groups is 1. The van der Waals surface area contributed by atoms with Gasteiger partial charge in [0, 0.05) is 12.1 Å². The van der Waals surface area contributed by atoms with E-state index in [1.165, 1.54) is 0 Å². The van der Waals surface area contributed by atoms with Crippen LogP contribution >= 0.6 is 11.6 Å². The monoisotopic (exact) mass is 280 g/mol. The van der Waals surface area contributed by atoms with E-state index in [-0.39, 0.29) is 17.5 Å². The lowest BCUT2D eigenvalue weighted by Crippen LogP contribution is -2.01. The van der Waals surface area contributed by atoms with Crippen molar-refractivity contribution in [2.24, 2.45) is 0 Å². The lowest BCUT2D eigenvalue weighted by Gasteiger charge is -2.06. The third-order valence-corrected chi connectivity index (χ3v) is 2.44. The molecular weight excluding hydrogens is 272 g/mol. The van der Waals surface area contributed by atoms with Gasteiger partial charge in [0.2, 0.25) is 5.95 Å². The van der Waals surface area contributed by atoms with Crippen LogP contribution < -0.4 is 10.1 Å². The van der Waals surface area contributed by atoms with Gasteiger partial charge in [-0.25, -0.2) is 4.98 Å². The highest BCUT2D eigenvalue weighted by atomic mass is 35.5. The summed E-state index contributed by atoms with van der Waals surface area (Å²) >= 11 is 5.74. The minimum absolute atomic E-state index is 0.133. The summed E-state index contributed by atoms with van der Waals surface area (Å²) in [6, 6.07) is 6.41. The van der Waals surface area contributed by atoms with E-state index in [4.69, 9.17) is 16.3 Å². The zero-order valence-electron chi connectivity index (χ0n) is 9.83. The Bertz CT molecular complexity index is 603. The van der Waals surface area contributed by atoms with Gasteiger partial charge in [-0.1, -0.05) is 11.6 Å². The summed E-state index contributed by atoms with van der Waals surface area (Å²) in [5.41, 5.74) is -0.311. The lowest BCUT2D eigenvalue weighted by molar-refractivity contribution is -0.386. The van der Waals surface area contributed by atoms with Crippen molar-refractivity contribution in [3.8, 4) is 11.6 Å². The van der Waals surface area contributed by atoms with Gasteiger partial charge in [-0.05, 0) is 24.3 Å². The third kappa shape index (κ3) is 3.08. The van der Waals surface area contributed by atoms with E-state index in [1.807, 2.05) is 0 Å². The Morgan fingerprint density at radius 3 is 2.63 bits per heavy atom. The molecule has 0 aliphatic heterocycles. The molecule has 2 rings (SSSR count). The van der Waals surface area contributed by atoms with E-state index in [0.29, 0.717) is 10.8 Å². The van der Waals surface area contributed by atoms with Crippen LogP contribution in [0.1, 0.15) is 0 Å². The number of nitrogens with zero attached hydrogens (tertiary/aromatic N) is 3. The summed E-state index contributed by atoms with van der Waals surface area (Å²) in [5.74, 6) is 0.495. The fourth-order valence-electron chi connectivity index (χ4n) is 1.29. The van der Waals surface area contributed by atoms with Crippen LogP contribution in [0.4, 0.5) is 11.6 Å². The molecule has 0 saturated heterocycles. The number of aromatic nitrogens is 2. The number of ether oxygens (including phenoxy) is 1. The third-order valence-electron chi connectivity index (χ3n) is 2.18. The standard InChI is InChI=1S/C11H9ClN4O3/c1-13-11-14-6-9(16(17)18)10(15-11)19-8-4-2-7(12)3-5-8/h2-6H,1H3,(H,13,14,15). The highest BCUT2D eigenvalue weighted by Gasteiger charge is 2.19. The maximum absolute atomic E-state index is 10.9. The Kier molecular flexibility index (Phi) is 3.76. The summed E-state index contributed by atoms with van der Waals surface area (Å²) in [6.45, 7) is 0. The summed E-state index contributed by atoms with van der Waals surface area (Å²) in [6.07, 6.45) is 1.09. The zero-order chi connectivity index (χ0) is 13.8. The second kappa shape index (κ2) is 5.49. The molecule has 1 aromatic carbocycles. The van der Waals surface area contributed by atoms with Crippen LogP contribution in [0, 0.1) is 10.1 Å². The molecule has 1 heterocycles. The first kappa shape index (κ1) is 13.0. The average molecular weight is 281 g/mol. The van der Waals surface area contributed by atoms with Crippen LogP contribution in [0.2, 0.25) is 5.02 Å². The molecule has 0 aliphatic carbocycles. The van der Waals surface area contributed by atoms with Crippen molar-refractivity contribution in [2.75, 3.05) is 12.4 Å². The van der Waals surface area contributed by atoms with Crippen LogP contribution in [-0.2, 0) is 0 Å². The fourth-order valence-corrected chi connectivity index (χ4v) is 1.42. The first-order chi connectivity index (χ1) is 9.10. The molecule has 1 aromatic heterocycles. The van der Waals surface area contributed by atoms with Crippen molar-refractivity contribution in [2.45, 2.75) is 0 Å². The van der Waals surface area contributed by atoms with E-state index in [0.717, 1.165) is 6.20 Å². The Morgan fingerprint density at radius 2 is 2.05 bits per heavy atom. The molecule has 0 radical (unpaired) electrons. The first-order valence-electron chi connectivity index (χ1n) is 5.23. The van der Waals surface area contributed by atoms with E-state index in [1.54, 1.807) is 31.3 Å². The Balaban J connectivity index is 2.36. The van der Waals surface area contributed by atoms with Gasteiger partial charge in [0.25, 0.3) is 0 Å². The van der Waals surface area contributed by atoms with Gasteiger partial charge in [-0.3, -0.25) is 10.1 Å². The maximum atomic E-state index is 10.9. The first-order valence-corrected chi connectivity index (χ1v) is 5.60. The lowest BCUT2D eigenvalue weighted by atomic mass is 10.3. The SMILES string of the molecule is CNc1ncc([N+](=O)[O-])c(Oc2ccc(Cl)cc2)n1. The van der Waals surface area contributed by atoms with Crippen molar-refractivity contribution in [1.29, 1.82) is 0 Å². The molecule has 0 unspecified atom stereocenters. The van der Waals surface area contributed by atoms with Crippen LogP contribution in [0.3, 0.4) is 0 Å². The second-order valence-electron chi connectivity index (χ2n) is 3.45. The van der Waals surface area contributed by atoms with Crippen molar-refractivity contribution in [1.82, 2.24) is 9.97 Å². The van der Waals surface area contributed by atoms with Gasteiger partial charge in [-0.2, -0.15) is 4.98 Å². The van der Waals surface area contributed by atoms with E-state index >= 15 is 0 Å². The fraction of sp³-hybridized carbons (Fsp3) is 0.0909. The normalized spacial score (nSPS) is 10.0. The highest BCUT2D eigenvalue weighted by Crippen LogP contribution is 2.29. The number of hydrogen-bond acceptors (Lipinski definition) is 6. The van der Waals surface area contributed by atoms with Gasteiger partial charge in [0.1, 0.15) is 11.9 Å². The predicted molar refractivity (Wildman–Crippen MR) is 69.8 cm³/mol. The second-order valence-corrected chi connectivity index (χ2v) is 3.88. The Labute approximate surface area is 113 Å². The maximum Gasteiger partial charge on any atom is 0.349 e. The van der Waals surface area contributed by atoms with Gasteiger partial charge >= 0.3 is 11.6 Å². The van der Waals surface area contributed by atoms with Crippen LogP contribution in [0.15, 0.2) is 30.5 Å². The van der Waals surface area contributed by atoms with Gasteiger partial charge in [-0.15, -0.1) is 0 Å². The molecule has 0 aliphatic rings. The number of nitrogens with one attached hydrogen (secondary N) is 1. The van der Waals surface area contributed by atoms with Crippen molar-refractivity contribution in [3.05, 3.63) is 45.6 Å². The minimum atomic E-state index is -0.606. The molecule has 0 atom stereocenters. The van der Waals surface area contributed by atoms with E-state index < -0.39 is 4.92 Å².